The molecule has 7 nitrogen and oxygen atoms in total. The highest BCUT2D eigenvalue weighted by molar-refractivity contribution is 7.93. The van der Waals surface area contributed by atoms with Gasteiger partial charge >= 0.3 is 5.97 Å². The van der Waals surface area contributed by atoms with Crippen molar-refractivity contribution >= 4 is 32.7 Å². The smallest absolute Gasteiger partial charge is 0.303 e. The van der Waals surface area contributed by atoms with Gasteiger partial charge < -0.3 is 5.11 Å². The molecule has 2 aromatic rings. The summed E-state index contributed by atoms with van der Waals surface area (Å²) in [6.07, 6.45) is 4.31. The molecule has 0 aliphatic heterocycles. The van der Waals surface area contributed by atoms with Gasteiger partial charge in [0.05, 0.1) is 4.90 Å². The van der Waals surface area contributed by atoms with Gasteiger partial charge in [-0.1, -0.05) is 25.0 Å². The lowest BCUT2D eigenvalue weighted by Gasteiger charge is -2.07. The first kappa shape index (κ1) is 19.3. The second-order valence-corrected chi connectivity index (χ2v) is 8.14. The summed E-state index contributed by atoms with van der Waals surface area (Å²) in [4.78, 5) is 14.7. The van der Waals surface area contributed by atoms with Crippen LogP contribution in [-0.2, 0) is 21.2 Å². The Balaban J connectivity index is 1.90. The van der Waals surface area contributed by atoms with E-state index in [0.717, 1.165) is 42.8 Å². The van der Waals surface area contributed by atoms with Crippen molar-refractivity contribution in [1.29, 1.82) is 0 Å². The van der Waals surface area contributed by atoms with E-state index >= 15 is 0 Å². The molecule has 2 N–H and O–H groups in total. The van der Waals surface area contributed by atoms with E-state index in [1.54, 1.807) is 25.1 Å². The van der Waals surface area contributed by atoms with Crippen LogP contribution in [0.4, 0.5) is 5.13 Å². The highest BCUT2D eigenvalue weighted by Crippen LogP contribution is 2.19. The van der Waals surface area contributed by atoms with Crippen molar-refractivity contribution in [3.05, 3.63) is 35.7 Å². The van der Waals surface area contributed by atoms with Crippen molar-refractivity contribution < 1.29 is 18.3 Å². The van der Waals surface area contributed by atoms with Gasteiger partial charge in [-0.2, -0.15) is 4.37 Å². The third-order valence-electron chi connectivity index (χ3n) is 3.56. The molecule has 1 heterocycles. The predicted molar refractivity (Wildman–Crippen MR) is 96.3 cm³/mol. The Kier molecular flexibility index (Phi) is 6.89. The van der Waals surface area contributed by atoms with Gasteiger partial charge in [0.15, 0.2) is 0 Å². The Labute approximate surface area is 151 Å². The molecule has 1 aromatic heterocycles. The van der Waals surface area contributed by atoms with Gasteiger partial charge in [-0.25, -0.2) is 13.4 Å². The number of rotatable bonds is 10. The quantitative estimate of drug-likeness (QED) is 0.610. The fraction of sp³-hybridized carbons (Fsp3) is 0.438. The van der Waals surface area contributed by atoms with Crippen LogP contribution in [0.25, 0.3) is 0 Å². The highest BCUT2D eigenvalue weighted by Gasteiger charge is 2.16. The number of carboxylic acid groups (broad SMARTS) is 1. The normalized spacial score (nSPS) is 11.4. The summed E-state index contributed by atoms with van der Waals surface area (Å²) < 4.78 is 31.2. The molecule has 1 aromatic carbocycles. The molecule has 136 valence electrons. The zero-order chi connectivity index (χ0) is 18.3. The van der Waals surface area contributed by atoms with Crippen LogP contribution >= 0.6 is 11.5 Å². The number of aryl methyl sites for hydroxylation is 2. The van der Waals surface area contributed by atoms with Crippen LogP contribution in [0.3, 0.4) is 0 Å². The van der Waals surface area contributed by atoms with E-state index in [4.69, 9.17) is 5.11 Å². The maximum Gasteiger partial charge on any atom is 0.303 e. The van der Waals surface area contributed by atoms with Gasteiger partial charge in [0, 0.05) is 18.0 Å². The number of aromatic nitrogens is 2. The SMILES string of the molecule is Cc1nsc(NS(=O)(=O)c2cccc(CCCCCCC(=O)O)c2)n1. The number of hydrogen-bond acceptors (Lipinski definition) is 6. The summed E-state index contributed by atoms with van der Waals surface area (Å²) in [5.41, 5.74) is 0.939. The van der Waals surface area contributed by atoms with Crippen LogP contribution in [0, 0.1) is 6.92 Å². The van der Waals surface area contributed by atoms with E-state index in [1.807, 2.05) is 6.07 Å². The van der Waals surface area contributed by atoms with Gasteiger partial charge in [-0.3, -0.25) is 9.52 Å². The number of carbonyl (C=O) groups is 1. The van der Waals surface area contributed by atoms with Gasteiger partial charge in [0.1, 0.15) is 5.82 Å². The van der Waals surface area contributed by atoms with E-state index in [-0.39, 0.29) is 16.4 Å². The first-order valence-corrected chi connectivity index (χ1v) is 10.3. The number of anilines is 1. The molecule has 0 atom stereocenters. The second kappa shape index (κ2) is 8.91. The minimum absolute atomic E-state index is 0.198. The van der Waals surface area contributed by atoms with Crippen LogP contribution in [0.15, 0.2) is 29.2 Å². The van der Waals surface area contributed by atoms with Gasteiger partial charge in [-0.05, 0) is 43.9 Å². The number of hydrogen-bond donors (Lipinski definition) is 2. The van der Waals surface area contributed by atoms with E-state index < -0.39 is 16.0 Å². The Morgan fingerprint density at radius 3 is 2.68 bits per heavy atom. The molecule has 0 bridgehead atoms. The second-order valence-electron chi connectivity index (χ2n) is 5.71. The van der Waals surface area contributed by atoms with Crippen molar-refractivity contribution in [2.24, 2.45) is 0 Å². The fourth-order valence-electron chi connectivity index (χ4n) is 2.34. The largest absolute Gasteiger partial charge is 0.481 e. The van der Waals surface area contributed by atoms with Crippen LogP contribution in [0.2, 0.25) is 0 Å². The summed E-state index contributed by atoms with van der Waals surface area (Å²) in [6.45, 7) is 1.70. The lowest BCUT2D eigenvalue weighted by Crippen LogP contribution is -2.13. The minimum atomic E-state index is -3.68. The third-order valence-corrected chi connectivity index (χ3v) is 5.75. The molecular formula is C16H21N3O4S2. The van der Waals surface area contributed by atoms with Crippen LogP contribution in [0.1, 0.15) is 43.5 Å². The first-order chi connectivity index (χ1) is 11.9. The number of nitrogens with one attached hydrogen (secondary N) is 1. The molecule has 25 heavy (non-hydrogen) atoms. The number of sulfonamides is 1. The molecule has 0 fully saturated rings. The Bertz CT molecular complexity index is 818. The predicted octanol–water partition coefficient (Wildman–Crippen LogP) is 3.22. The number of nitrogens with zero attached hydrogens (tertiary/aromatic N) is 2. The van der Waals surface area contributed by atoms with E-state index in [2.05, 4.69) is 14.1 Å². The lowest BCUT2D eigenvalue weighted by atomic mass is 10.1. The Morgan fingerprint density at radius 1 is 1.24 bits per heavy atom. The zero-order valence-electron chi connectivity index (χ0n) is 13.9. The summed E-state index contributed by atoms with van der Waals surface area (Å²) >= 11 is 1.01. The molecule has 0 radical (unpaired) electrons. The Hall–Kier alpha value is -2.00. The lowest BCUT2D eigenvalue weighted by molar-refractivity contribution is -0.137. The standard InChI is InChI=1S/C16H21N3O4S2/c1-12-17-16(24-18-12)19-25(22,23)14-9-6-8-13(11-14)7-4-2-3-5-10-15(20)21/h6,8-9,11H,2-5,7,10H2,1H3,(H,20,21)(H,17,18,19). The van der Waals surface area contributed by atoms with E-state index in [1.165, 1.54) is 0 Å². The van der Waals surface area contributed by atoms with Crippen molar-refractivity contribution in [3.8, 4) is 0 Å². The van der Waals surface area contributed by atoms with E-state index in [0.29, 0.717) is 12.2 Å². The van der Waals surface area contributed by atoms with Crippen molar-refractivity contribution in [1.82, 2.24) is 9.36 Å². The molecule has 0 aliphatic carbocycles. The molecule has 0 saturated carbocycles. The summed E-state index contributed by atoms with van der Waals surface area (Å²) in [5, 5.41) is 8.84. The van der Waals surface area contributed by atoms with Gasteiger partial charge in [0.2, 0.25) is 5.13 Å². The maximum absolute atomic E-state index is 12.4. The number of unbranched alkanes of at least 4 members (excludes halogenated alkanes) is 3. The van der Waals surface area contributed by atoms with Crippen molar-refractivity contribution in [2.75, 3.05) is 4.72 Å². The minimum Gasteiger partial charge on any atom is -0.481 e. The molecule has 0 spiro atoms. The summed E-state index contributed by atoms with van der Waals surface area (Å²) in [5.74, 6) is -0.240. The summed E-state index contributed by atoms with van der Waals surface area (Å²) in [6, 6.07) is 6.82. The first-order valence-electron chi connectivity index (χ1n) is 8.01. The zero-order valence-corrected chi connectivity index (χ0v) is 15.6. The molecule has 0 aliphatic rings. The third kappa shape index (κ3) is 6.43. The van der Waals surface area contributed by atoms with Crippen LogP contribution in [-0.4, -0.2) is 28.9 Å². The monoisotopic (exact) mass is 383 g/mol. The van der Waals surface area contributed by atoms with Gasteiger partial charge in [-0.15, -0.1) is 0 Å². The molecule has 2 rings (SSSR count). The average molecular weight is 383 g/mol. The molecule has 0 amide bonds. The average Bonchev–Trinajstić information content (AvgIpc) is 2.95. The summed E-state index contributed by atoms with van der Waals surface area (Å²) in [7, 11) is -3.68. The molecule has 0 unspecified atom stereocenters. The van der Waals surface area contributed by atoms with Crippen LogP contribution < -0.4 is 4.72 Å². The van der Waals surface area contributed by atoms with Gasteiger partial charge in [0.25, 0.3) is 10.0 Å². The molecule has 0 saturated heterocycles. The molecular weight excluding hydrogens is 362 g/mol. The number of benzene rings is 1. The fourth-order valence-corrected chi connectivity index (χ4v) is 4.21. The Morgan fingerprint density at radius 2 is 2.00 bits per heavy atom. The highest BCUT2D eigenvalue weighted by atomic mass is 32.2. The number of aliphatic carboxylic acids is 1. The van der Waals surface area contributed by atoms with Crippen molar-refractivity contribution in [3.63, 3.8) is 0 Å². The van der Waals surface area contributed by atoms with Crippen molar-refractivity contribution in [2.45, 2.75) is 50.3 Å². The topological polar surface area (TPSA) is 109 Å². The van der Waals surface area contributed by atoms with E-state index in [9.17, 15) is 13.2 Å². The number of carboxylic acids is 1. The maximum atomic E-state index is 12.4. The van der Waals surface area contributed by atoms with Crippen LogP contribution in [0.5, 0.6) is 0 Å². The molecule has 9 heteroatoms.